The van der Waals surface area contributed by atoms with Crippen LogP contribution in [-0.4, -0.2) is 35.5 Å². The zero-order valence-corrected chi connectivity index (χ0v) is 8.45. The minimum absolute atomic E-state index is 0.120. The quantitative estimate of drug-likeness (QED) is 0.853. The lowest BCUT2D eigenvalue weighted by Crippen LogP contribution is -2.21. The highest BCUT2D eigenvalue weighted by Crippen LogP contribution is 2.32. The van der Waals surface area contributed by atoms with E-state index in [0.717, 1.165) is 6.07 Å². The summed E-state index contributed by atoms with van der Waals surface area (Å²) in [5.41, 5.74) is -0.629. The highest BCUT2D eigenvalue weighted by atomic mass is 19.4. The smallest absolute Gasteiger partial charge is 0.420 e. The van der Waals surface area contributed by atoms with E-state index in [1.54, 1.807) is 0 Å². The van der Waals surface area contributed by atoms with E-state index in [2.05, 4.69) is 19.4 Å². The molecule has 90 valence electrons. The van der Waals surface area contributed by atoms with Crippen LogP contribution in [0.15, 0.2) is 6.07 Å². The van der Waals surface area contributed by atoms with Gasteiger partial charge in [-0.3, -0.25) is 0 Å². The highest BCUT2D eigenvalue weighted by Gasteiger charge is 2.41. The fraction of sp³-hybridized carbons (Fsp3) is 0.500. The van der Waals surface area contributed by atoms with Crippen LogP contribution in [0.5, 0.6) is 11.9 Å². The first-order chi connectivity index (χ1) is 7.38. The Morgan fingerprint density at radius 2 is 1.88 bits per heavy atom. The van der Waals surface area contributed by atoms with Crippen molar-refractivity contribution in [2.75, 3.05) is 14.2 Å². The third-order valence-corrected chi connectivity index (χ3v) is 1.68. The summed E-state index contributed by atoms with van der Waals surface area (Å²) in [4.78, 5) is 6.98. The number of nitrogens with zero attached hydrogens (tertiary/aromatic N) is 2. The van der Waals surface area contributed by atoms with Crippen LogP contribution in [0, 0.1) is 0 Å². The molecule has 0 aliphatic rings. The van der Waals surface area contributed by atoms with Crippen molar-refractivity contribution in [2.45, 2.75) is 12.3 Å². The molecular weight excluding hydrogens is 229 g/mol. The van der Waals surface area contributed by atoms with Crippen LogP contribution in [0.25, 0.3) is 0 Å². The van der Waals surface area contributed by atoms with Crippen molar-refractivity contribution in [3.63, 3.8) is 0 Å². The van der Waals surface area contributed by atoms with Gasteiger partial charge in [0.1, 0.15) is 0 Å². The monoisotopic (exact) mass is 238 g/mol. The number of alkyl halides is 3. The third kappa shape index (κ3) is 2.72. The van der Waals surface area contributed by atoms with Crippen molar-refractivity contribution >= 4 is 0 Å². The molecule has 5 nitrogen and oxygen atoms in total. The van der Waals surface area contributed by atoms with Gasteiger partial charge >= 0.3 is 12.2 Å². The lowest BCUT2D eigenvalue weighted by Gasteiger charge is -2.14. The van der Waals surface area contributed by atoms with Crippen molar-refractivity contribution in [2.24, 2.45) is 0 Å². The first-order valence-corrected chi connectivity index (χ1v) is 4.10. The average Bonchev–Trinajstić information content (AvgIpc) is 2.26. The van der Waals surface area contributed by atoms with Crippen LogP contribution in [-0.2, 0) is 0 Å². The minimum atomic E-state index is -4.80. The summed E-state index contributed by atoms with van der Waals surface area (Å²) in [7, 11) is 2.42. The summed E-state index contributed by atoms with van der Waals surface area (Å²) in [6, 6.07) is 0.582. The van der Waals surface area contributed by atoms with E-state index in [-0.39, 0.29) is 11.9 Å². The van der Waals surface area contributed by atoms with Gasteiger partial charge in [0, 0.05) is 6.07 Å². The fourth-order valence-electron chi connectivity index (χ4n) is 0.924. The molecule has 0 spiro atoms. The molecule has 0 amide bonds. The first-order valence-electron chi connectivity index (χ1n) is 4.10. The van der Waals surface area contributed by atoms with Crippen LogP contribution in [0.3, 0.4) is 0 Å². The Balaban J connectivity index is 3.13. The number of methoxy groups -OCH3 is 2. The number of ether oxygens (including phenoxy) is 2. The van der Waals surface area contributed by atoms with E-state index >= 15 is 0 Å². The molecule has 1 rings (SSSR count). The normalized spacial score (nSPS) is 13.4. The number of aliphatic hydroxyl groups excluding tert-OH is 1. The molecule has 1 N–H and O–H groups in total. The lowest BCUT2D eigenvalue weighted by atomic mass is 10.2. The van der Waals surface area contributed by atoms with Gasteiger partial charge in [0.05, 0.1) is 19.9 Å². The number of hydrogen-bond acceptors (Lipinski definition) is 5. The zero-order valence-electron chi connectivity index (χ0n) is 8.45. The number of halogens is 3. The van der Waals surface area contributed by atoms with E-state index in [1.807, 2.05) is 0 Å². The SMILES string of the molecule is COc1cc(C(O)C(F)(F)F)nc(OC)n1. The van der Waals surface area contributed by atoms with E-state index in [0.29, 0.717) is 0 Å². The predicted molar refractivity (Wildman–Crippen MR) is 46.2 cm³/mol. The molecule has 1 aromatic heterocycles. The molecule has 8 heteroatoms. The highest BCUT2D eigenvalue weighted by molar-refractivity contribution is 5.21. The van der Waals surface area contributed by atoms with Gasteiger partial charge in [0.2, 0.25) is 5.88 Å². The van der Waals surface area contributed by atoms with Gasteiger partial charge in [-0.1, -0.05) is 0 Å². The number of aliphatic hydroxyl groups is 1. The maximum absolute atomic E-state index is 12.2. The molecule has 16 heavy (non-hydrogen) atoms. The Kier molecular flexibility index (Phi) is 3.53. The zero-order chi connectivity index (χ0) is 12.3. The van der Waals surface area contributed by atoms with Crippen LogP contribution < -0.4 is 9.47 Å². The number of hydrogen-bond donors (Lipinski definition) is 1. The van der Waals surface area contributed by atoms with E-state index in [1.165, 1.54) is 14.2 Å². The van der Waals surface area contributed by atoms with E-state index < -0.39 is 18.0 Å². The van der Waals surface area contributed by atoms with Gasteiger partial charge in [-0.2, -0.15) is 23.1 Å². The maximum atomic E-state index is 12.2. The van der Waals surface area contributed by atoms with Gasteiger partial charge in [-0.05, 0) is 0 Å². The van der Waals surface area contributed by atoms with Crippen molar-refractivity contribution in [1.29, 1.82) is 0 Å². The number of rotatable bonds is 3. The second-order valence-corrected chi connectivity index (χ2v) is 2.77. The number of aromatic nitrogens is 2. The molecule has 0 aromatic carbocycles. The topological polar surface area (TPSA) is 64.5 Å². The summed E-state index contributed by atoms with van der Waals surface area (Å²) < 4.78 is 45.9. The first kappa shape index (κ1) is 12.5. The van der Waals surface area contributed by atoms with Gasteiger partial charge in [-0.15, -0.1) is 0 Å². The van der Waals surface area contributed by atoms with Crippen molar-refractivity contribution < 1.29 is 27.8 Å². The molecule has 0 saturated carbocycles. The Morgan fingerprint density at radius 1 is 1.25 bits per heavy atom. The Hall–Kier alpha value is -1.57. The molecular formula is C8H9F3N2O3. The van der Waals surface area contributed by atoms with E-state index in [9.17, 15) is 13.2 Å². The summed E-state index contributed by atoms with van der Waals surface area (Å²) in [6.07, 6.45) is -7.50. The Labute approximate surface area is 88.8 Å². The molecule has 0 aliphatic heterocycles. The molecule has 1 heterocycles. The fourth-order valence-corrected chi connectivity index (χ4v) is 0.924. The summed E-state index contributed by atoms with van der Waals surface area (Å²) in [5.74, 6) is -0.120. The Bertz CT molecular complexity index is 348. The van der Waals surface area contributed by atoms with Crippen molar-refractivity contribution in [3.8, 4) is 11.9 Å². The van der Waals surface area contributed by atoms with Crippen molar-refractivity contribution in [3.05, 3.63) is 11.8 Å². The van der Waals surface area contributed by atoms with Crippen LogP contribution in [0.2, 0.25) is 0 Å². The van der Waals surface area contributed by atoms with E-state index in [4.69, 9.17) is 5.11 Å². The van der Waals surface area contributed by atoms with Gasteiger partial charge in [0.15, 0.2) is 6.10 Å². The maximum Gasteiger partial charge on any atom is 0.420 e. The molecule has 0 bridgehead atoms. The second-order valence-electron chi connectivity index (χ2n) is 2.77. The molecule has 1 unspecified atom stereocenters. The average molecular weight is 238 g/mol. The van der Waals surface area contributed by atoms with Gasteiger partial charge in [-0.25, -0.2) is 0 Å². The van der Waals surface area contributed by atoms with Gasteiger partial charge in [0.25, 0.3) is 0 Å². The largest absolute Gasteiger partial charge is 0.481 e. The second kappa shape index (κ2) is 4.52. The van der Waals surface area contributed by atoms with Crippen LogP contribution in [0.1, 0.15) is 11.8 Å². The molecule has 0 fully saturated rings. The van der Waals surface area contributed by atoms with Crippen LogP contribution >= 0.6 is 0 Å². The summed E-state index contributed by atoms with van der Waals surface area (Å²) in [5, 5.41) is 8.97. The summed E-state index contributed by atoms with van der Waals surface area (Å²) >= 11 is 0. The predicted octanol–water partition coefficient (Wildman–Crippen LogP) is 1.09. The Morgan fingerprint density at radius 3 is 2.31 bits per heavy atom. The lowest BCUT2D eigenvalue weighted by molar-refractivity contribution is -0.208. The molecule has 0 saturated heterocycles. The van der Waals surface area contributed by atoms with Crippen molar-refractivity contribution in [1.82, 2.24) is 9.97 Å². The van der Waals surface area contributed by atoms with Crippen LogP contribution in [0.4, 0.5) is 13.2 Å². The standard InChI is InChI=1S/C8H9F3N2O3/c1-15-5-3-4(6(14)8(9,10)11)12-7(13-5)16-2/h3,6,14H,1-2H3. The molecule has 0 radical (unpaired) electrons. The summed E-state index contributed by atoms with van der Waals surface area (Å²) in [6.45, 7) is 0. The molecule has 1 atom stereocenters. The molecule has 1 aromatic rings. The minimum Gasteiger partial charge on any atom is -0.481 e. The molecule has 0 aliphatic carbocycles. The third-order valence-electron chi connectivity index (χ3n) is 1.68. The van der Waals surface area contributed by atoms with Gasteiger partial charge < -0.3 is 14.6 Å².